The highest BCUT2D eigenvalue weighted by Gasteiger charge is 2.31. The van der Waals surface area contributed by atoms with Crippen LogP contribution in [0.25, 0.3) is 11.4 Å². The van der Waals surface area contributed by atoms with E-state index in [0.717, 1.165) is 23.5 Å². The first-order valence-corrected chi connectivity index (χ1v) is 7.80. The first-order valence-electron chi connectivity index (χ1n) is 7.80. The molecule has 1 aromatic carbocycles. The molecule has 0 radical (unpaired) electrons. The molecule has 1 fully saturated rings. The first-order chi connectivity index (χ1) is 10.2. The van der Waals surface area contributed by atoms with E-state index in [1.54, 1.807) is 0 Å². The summed E-state index contributed by atoms with van der Waals surface area (Å²) >= 11 is 0. The van der Waals surface area contributed by atoms with E-state index < -0.39 is 0 Å². The van der Waals surface area contributed by atoms with Crippen molar-refractivity contribution in [3.8, 4) is 11.4 Å². The zero-order valence-corrected chi connectivity index (χ0v) is 12.7. The second-order valence-electron chi connectivity index (χ2n) is 6.33. The summed E-state index contributed by atoms with van der Waals surface area (Å²) < 4.78 is 2.03. The number of rotatable bonds is 3. The third-order valence-electron chi connectivity index (χ3n) is 4.59. The molecule has 0 amide bonds. The molecule has 2 aromatic rings. The van der Waals surface area contributed by atoms with E-state index in [-0.39, 0.29) is 0 Å². The van der Waals surface area contributed by atoms with Crippen molar-refractivity contribution in [2.75, 3.05) is 5.73 Å². The molecule has 1 heterocycles. The van der Waals surface area contributed by atoms with Gasteiger partial charge in [-0.3, -0.25) is 0 Å². The quantitative estimate of drug-likeness (QED) is 0.878. The summed E-state index contributed by atoms with van der Waals surface area (Å²) in [6, 6.07) is 8.19. The molecule has 1 aliphatic rings. The van der Waals surface area contributed by atoms with Crippen LogP contribution in [0.4, 0.5) is 5.69 Å². The van der Waals surface area contributed by atoms with E-state index in [4.69, 9.17) is 5.73 Å². The Morgan fingerprint density at radius 3 is 2.81 bits per heavy atom. The van der Waals surface area contributed by atoms with Gasteiger partial charge in [0.25, 0.3) is 0 Å². The second-order valence-corrected chi connectivity index (χ2v) is 6.33. The highest BCUT2D eigenvalue weighted by Crippen LogP contribution is 2.39. The Labute approximate surface area is 125 Å². The third-order valence-corrected chi connectivity index (χ3v) is 4.59. The van der Waals surface area contributed by atoms with Gasteiger partial charge in [-0.25, -0.2) is 4.68 Å². The van der Waals surface area contributed by atoms with Crippen LogP contribution >= 0.6 is 0 Å². The molecule has 1 saturated carbocycles. The molecule has 0 aliphatic heterocycles. The van der Waals surface area contributed by atoms with Crippen LogP contribution in [-0.4, -0.2) is 20.2 Å². The molecule has 5 nitrogen and oxygen atoms in total. The van der Waals surface area contributed by atoms with Crippen molar-refractivity contribution in [2.45, 2.75) is 45.6 Å². The Balaban J connectivity index is 1.98. The standard InChI is InChI=1S/C16H23N5/c1-11(2)14-8-3-4-9-15(14)21-16(18-19-20-21)12-6-5-7-13(17)10-12/h5-7,10-11,14-15H,3-4,8-9,17H2,1-2H3. The van der Waals surface area contributed by atoms with Crippen molar-refractivity contribution in [3.63, 3.8) is 0 Å². The van der Waals surface area contributed by atoms with Gasteiger partial charge in [0.1, 0.15) is 0 Å². The largest absolute Gasteiger partial charge is 0.399 e. The zero-order chi connectivity index (χ0) is 14.8. The van der Waals surface area contributed by atoms with Gasteiger partial charge in [-0.05, 0) is 47.2 Å². The Hall–Kier alpha value is -1.91. The Bertz CT molecular complexity index is 604. The summed E-state index contributed by atoms with van der Waals surface area (Å²) in [6.45, 7) is 4.60. The molecule has 2 atom stereocenters. The molecule has 0 bridgehead atoms. The maximum absolute atomic E-state index is 5.89. The molecule has 1 aromatic heterocycles. The van der Waals surface area contributed by atoms with Crippen molar-refractivity contribution in [2.24, 2.45) is 11.8 Å². The summed E-state index contributed by atoms with van der Waals surface area (Å²) in [5.74, 6) is 2.12. The predicted molar refractivity (Wildman–Crippen MR) is 83.5 cm³/mol. The van der Waals surface area contributed by atoms with Gasteiger partial charge in [-0.1, -0.05) is 38.8 Å². The number of anilines is 1. The minimum Gasteiger partial charge on any atom is -0.399 e. The summed E-state index contributed by atoms with van der Waals surface area (Å²) in [7, 11) is 0. The van der Waals surface area contributed by atoms with E-state index in [2.05, 4.69) is 29.4 Å². The van der Waals surface area contributed by atoms with E-state index in [1.165, 1.54) is 19.3 Å². The lowest BCUT2D eigenvalue weighted by atomic mass is 9.78. The van der Waals surface area contributed by atoms with Gasteiger partial charge >= 0.3 is 0 Å². The van der Waals surface area contributed by atoms with Crippen molar-refractivity contribution < 1.29 is 0 Å². The fourth-order valence-electron chi connectivity index (χ4n) is 3.51. The van der Waals surface area contributed by atoms with E-state index in [9.17, 15) is 0 Å². The van der Waals surface area contributed by atoms with Gasteiger partial charge in [0.15, 0.2) is 5.82 Å². The van der Waals surface area contributed by atoms with Gasteiger partial charge in [0.2, 0.25) is 0 Å². The number of tetrazole rings is 1. The zero-order valence-electron chi connectivity index (χ0n) is 12.7. The summed E-state index contributed by atoms with van der Waals surface area (Å²) in [5, 5.41) is 12.5. The number of hydrogen-bond acceptors (Lipinski definition) is 4. The topological polar surface area (TPSA) is 69.6 Å². The minimum absolute atomic E-state index is 0.394. The summed E-state index contributed by atoms with van der Waals surface area (Å²) in [5.41, 5.74) is 7.63. The average Bonchev–Trinajstić information content (AvgIpc) is 2.96. The van der Waals surface area contributed by atoms with Crippen LogP contribution in [0.3, 0.4) is 0 Å². The lowest BCUT2D eigenvalue weighted by Crippen LogP contribution is -2.28. The summed E-state index contributed by atoms with van der Waals surface area (Å²) in [6.07, 6.45) is 4.99. The van der Waals surface area contributed by atoms with Crippen molar-refractivity contribution >= 4 is 5.69 Å². The second kappa shape index (κ2) is 5.84. The fourth-order valence-corrected chi connectivity index (χ4v) is 3.51. The number of hydrogen-bond donors (Lipinski definition) is 1. The Kier molecular flexibility index (Phi) is 3.90. The molecule has 5 heteroatoms. The van der Waals surface area contributed by atoms with E-state index in [0.29, 0.717) is 17.9 Å². The lowest BCUT2D eigenvalue weighted by Gasteiger charge is -2.34. The van der Waals surface area contributed by atoms with Gasteiger partial charge < -0.3 is 5.73 Å². The molecule has 0 spiro atoms. The monoisotopic (exact) mass is 285 g/mol. The van der Waals surface area contributed by atoms with E-state index >= 15 is 0 Å². The van der Waals surface area contributed by atoms with Crippen molar-refractivity contribution in [1.29, 1.82) is 0 Å². The Morgan fingerprint density at radius 2 is 2.05 bits per heavy atom. The lowest BCUT2D eigenvalue weighted by molar-refractivity contribution is 0.172. The number of aromatic nitrogens is 4. The van der Waals surface area contributed by atoms with Crippen LogP contribution in [0.15, 0.2) is 24.3 Å². The molecular weight excluding hydrogens is 262 g/mol. The number of benzene rings is 1. The maximum Gasteiger partial charge on any atom is 0.182 e. The van der Waals surface area contributed by atoms with E-state index in [1.807, 2.05) is 28.9 Å². The minimum atomic E-state index is 0.394. The smallest absolute Gasteiger partial charge is 0.182 e. The van der Waals surface area contributed by atoms with Gasteiger partial charge in [0.05, 0.1) is 6.04 Å². The average molecular weight is 285 g/mol. The van der Waals surface area contributed by atoms with Crippen LogP contribution in [0.5, 0.6) is 0 Å². The SMILES string of the molecule is CC(C)C1CCCCC1n1nnnc1-c1cccc(N)c1. The molecular formula is C16H23N5. The third kappa shape index (κ3) is 2.77. The van der Waals surface area contributed by atoms with Crippen LogP contribution in [0, 0.1) is 11.8 Å². The van der Waals surface area contributed by atoms with Crippen molar-refractivity contribution in [3.05, 3.63) is 24.3 Å². The number of nitrogens with zero attached hydrogens (tertiary/aromatic N) is 4. The van der Waals surface area contributed by atoms with Gasteiger partial charge in [0, 0.05) is 11.3 Å². The molecule has 2 unspecified atom stereocenters. The number of nitrogens with two attached hydrogens (primary N) is 1. The van der Waals surface area contributed by atoms with Gasteiger partial charge in [-0.2, -0.15) is 0 Å². The van der Waals surface area contributed by atoms with Crippen molar-refractivity contribution in [1.82, 2.24) is 20.2 Å². The van der Waals surface area contributed by atoms with Crippen LogP contribution < -0.4 is 5.73 Å². The van der Waals surface area contributed by atoms with Gasteiger partial charge in [-0.15, -0.1) is 5.10 Å². The summed E-state index contributed by atoms with van der Waals surface area (Å²) in [4.78, 5) is 0. The molecule has 1 aliphatic carbocycles. The first kappa shape index (κ1) is 14.0. The fraction of sp³-hybridized carbons (Fsp3) is 0.562. The van der Waals surface area contributed by atoms with Crippen LogP contribution in [0.2, 0.25) is 0 Å². The predicted octanol–water partition coefficient (Wildman–Crippen LogP) is 3.31. The molecule has 0 saturated heterocycles. The normalized spacial score (nSPS) is 22.6. The van der Waals surface area contributed by atoms with Crippen LogP contribution in [-0.2, 0) is 0 Å². The maximum atomic E-state index is 5.89. The van der Waals surface area contributed by atoms with Crippen LogP contribution in [0.1, 0.15) is 45.6 Å². The molecule has 3 rings (SSSR count). The molecule has 21 heavy (non-hydrogen) atoms. The number of nitrogen functional groups attached to an aromatic ring is 1. The Morgan fingerprint density at radius 1 is 1.24 bits per heavy atom. The molecule has 112 valence electrons. The highest BCUT2D eigenvalue weighted by molar-refractivity contribution is 5.60. The highest BCUT2D eigenvalue weighted by atomic mass is 15.6. The molecule has 2 N–H and O–H groups in total.